The van der Waals surface area contributed by atoms with Crippen LogP contribution < -0.4 is 9.62 Å². The molecule has 0 saturated carbocycles. The Morgan fingerprint density at radius 3 is 2.46 bits per heavy atom. The fourth-order valence-electron chi connectivity index (χ4n) is 3.60. The summed E-state index contributed by atoms with van der Waals surface area (Å²) in [6.45, 7) is 1.98. The molecule has 0 saturated heterocycles. The number of sulfonamides is 1. The first-order valence-electron chi connectivity index (χ1n) is 9.38. The fourth-order valence-corrected chi connectivity index (χ4v) is 4.34. The Kier molecular flexibility index (Phi) is 6.40. The van der Waals surface area contributed by atoms with Gasteiger partial charge in [0.1, 0.15) is 5.75 Å². The van der Waals surface area contributed by atoms with Crippen molar-refractivity contribution in [2.24, 2.45) is 0 Å². The average molecular weight is 398 g/mol. The highest BCUT2D eigenvalue weighted by Gasteiger charge is 2.26. The molecule has 5 nitrogen and oxygen atoms in total. The molecule has 0 aromatic heterocycles. The Bertz CT molecular complexity index is 946. The molecule has 0 spiro atoms. The number of benzene rings is 2. The molecule has 0 amide bonds. The maximum absolute atomic E-state index is 12.1. The number of fused-ring (bicyclic) bond motifs is 1. The molecule has 6 heteroatoms. The monoisotopic (exact) mass is 397 g/mol. The molecule has 1 aliphatic rings. The topological polar surface area (TPSA) is 52.7 Å². The SMILES string of the molecule is C#CCS(=O)(=O)NCC(c1ccc(N(C)C)cc1)N1CCc2ccccc2C1. The molecule has 1 heterocycles. The van der Waals surface area contributed by atoms with E-state index in [2.05, 4.69) is 64.1 Å². The number of nitrogens with one attached hydrogen (secondary N) is 1. The molecule has 1 unspecified atom stereocenters. The van der Waals surface area contributed by atoms with Crippen LogP contribution in [-0.4, -0.2) is 46.3 Å². The maximum atomic E-state index is 12.1. The van der Waals surface area contributed by atoms with Crippen LogP contribution in [0, 0.1) is 12.3 Å². The maximum Gasteiger partial charge on any atom is 0.222 e. The molecule has 148 valence electrons. The average Bonchev–Trinajstić information content (AvgIpc) is 2.68. The van der Waals surface area contributed by atoms with Gasteiger partial charge in [0, 0.05) is 45.5 Å². The van der Waals surface area contributed by atoms with Gasteiger partial charge in [0.15, 0.2) is 0 Å². The number of anilines is 1. The second-order valence-corrected chi connectivity index (χ2v) is 9.11. The van der Waals surface area contributed by atoms with E-state index in [9.17, 15) is 8.42 Å². The van der Waals surface area contributed by atoms with Crippen LogP contribution in [0.4, 0.5) is 5.69 Å². The van der Waals surface area contributed by atoms with E-state index in [1.165, 1.54) is 11.1 Å². The molecular formula is C22H27N3O2S. The van der Waals surface area contributed by atoms with E-state index < -0.39 is 10.0 Å². The lowest BCUT2D eigenvalue weighted by atomic mass is 9.96. The predicted molar refractivity (Wildman–Crippen MR) is 115 cm³/mol. The summed E-state index contributed by atoms with van der Waals surface area (Å²) in [7, 11) is 0.527. The number of hydrogen-bond donors (Lipinski definition) is 1. The Labute approximate surface area is 168 Å². The third kappa shape index (κ3) is 4.93. The lowest BCUT2D eigenvalue weighted by Crippen LogP contribution is -2.41. The van der Waals surface area contributed by atoms with Crippen LogP contribution in [0.1, 0.15) is 22.7 Å². The van der Waals surface area contributed by atoms with Gasteiger partial charge in [-0.3, -0.25) is 4.90 Å². The first-order valence-corrected chi connectivity index (χ1v) is 11.0. The molecule has 1 atom stereocenters. The summed E-state index contributed by atoms with van der Waals surface area (Å²) < 4.78 is 26.9. The third-order valence-corrected chi connectivity index (χ3v) is 6.32. The molecule has 28 heavy (non-hydrogen) atoms. The van der Waals surface area contributed by atoms with Crippen LogP contribution in [-0.2, 0) is 23.0 Å². The van der Waals surface area contributed by atoms with Crippen molar-refractivity contribution in [3.8, 4) is 12.3 Å². The minimum atomic E-state index is -3.48. The lowest BCUT2D eigenvalue weighted by molar-refractivity contribution is 0.180. The Balaban J connectivity index is 1.85. The first kappa shape index (κ1) is 20.4. The zero-order valence-electron chi connectivity index (χ0n) is 16.4. The van der Waals surface area contributed by atoms with Crippen LogP contribution >= 0.6 is 0 Å². The van der Waals surface area contributed by atoms with Crippen LogP contribution in [0.3, 0.4) is 0 Å². The molecule has 0 aliphatic carbocycles. The van der Waals surface area contributed by atoms with Gasteiger partial charge in [-0.1, -0.05) is 42.3 Å². The highest BCUT2D eigenvalue weighted by molar-refractivity contribution is 7.89. The van der Waals surface area contributed by atoms with Gasteiger partial charge in [-0.25, -0.2) is 13.1 Å². The summed E-state index contributed by atoms with van der Waals surface area (Å²) in [6, 6.07) is 16.7. The zero-order valence-corrected chi connectivity index (χ0v) is 17.2. The summed E-state index contributed by atoms with van der Waals surface area (Å²) in [6.07, 6.45) is 6.15. The molecule has 0 radical (unpaired) electrons. The zero-order chi connectivity index (χ0) is 20.1. The van der Waals surface area contributed by atoms with Crippen molar-refractivity contribution in [3.05, 3.63) is 65.2 Å². The minimum Gasteiger partial charge on any atom is -0.378 e. The smallest absolute Gasteiger partial charge is 0.222 e. The number of nitrogens with zero attached hydrogens (tertiary/aromatic N) is 2. The lowest BCUT2D eigenvalue weighted by Gasteiger charge is -2.36. The van der Waals surface area contributed by atoms with E-state index in [-0.39, 0.29) is 11.8 Å². The third-order valence-electron chi connectivity index (χ3n) is 5.17. The van der Waals surface area contributed by atoms with Crippen molar-refractivity contribution >= 4 is 15.7 Å². The van der Waals surface area contributed by atoms with Crippen molar-refractivity contribution in [3.63, 3.8) is 0 Å². The summed E-state index contributed by atoms with van der Waals surface area (Å²) in [5.41, 5.74) is 4.87. The van der Waals surface area contributed by atoms with Crippen molar-refractivity contribution in [1.82, 2.24) is 9.62 Å². The van der Waals surface area contributed by atoms with Crippen molar-refractivity contribution in [2.45, 2.75) is 19.0 Å². The van der Waals surface area contributed by atoms with Crippen LogP contribution in [0.5, 0.6) is 0 Å². The number of rotatable bonds is 7. The minimum absolute atomic E-state index is 0.0582. The van der Waals surface area contributed by atoms with E-state index in [0.29, 0.717) is 6.54 Å². The van der Waals surface area contributed by atoms with Crippen molar-refractivity contribution in [2.75, 3.05) is 37.8 Å². The van der Waals surface area contributed by atoms with E-state index in [1.54, 1.807) is 0 Å². The summed E-state index contributed by atoms with van der Waals surface area (Å²) in [4.78, 5) is 4.39. The van der Waals surface area contributed by atoms with E-state index in [4.69, 9.17) is 6.42 Å². The van der Waals surface area contributed by atoms with Gasteiger partial charge in [-0.15, -0.1) is 6.42 Å². The normalized spacial score (nSPS) is 15.5. The summed E-state index contributed by atoms with van der Waals surface area (Å²) in [5.74, 6) is 1.91. The molecule has 3 rings (SSSR count). The van der Waals surface area contributed by atoms with Gasteiger partial charge in [0.2, 0.25) is 10.0 Å². The quantitative estimate of drug-likeness (QED) is 0.729. The molecule has 2 aromatic rings. The Morgan fingerprint density at radius 1 is 1.14 bits per heavy atom. The first-order chi connectivity index (χ1) is 13.4. The van der Waals surface area contributed by atoms with Gasteiger partial charge in [-0.05, 0) is 35.2 Å². The number of hydrogen-bond acceptors (Lipinski definition) is 4. The Morgan fingerprint density at radius 2 is 1.82 bits per heavy atom. The number of terminal acetylenes is 1. The van der Waals surface area contributed by atoms with Gasteiger partial charge in [0.25, 0.3) is 0 Å². The van der Waals surface area contributed by atoms with Gasteiger partial charge in [0.05, 0.1) is 0 Å². The summed E-state index contributed by atoms with van der Waals surface area (Å²) in [5, 5.41) is 0. The second-order valence-electron chi connectivity index (χ2n) is 7.30. The van der Waals surface area contributed by atoms with Gasteiger partial charge in [-0.2, -0.15) is 0 Å². The van der Waals surface area contributed by atoms with Crippen LogP contribution in [0.15, 0.2) is 48.5 Å². The predicted octanol–water partition coefficient (Wildman–Crippen LogP) is 2.40. The molecule has 1 N–H and O–H groups in total. The molecule has 2 aromatic carbocycles. The largest absolute Gasteiger partial charge is 0.378 e. The van der Waals surface area contributed by atoms with Gasteiger partial charge < -0.3 is 4.90 Å². The standard InChI is InChI=1S/C22H27N3O2S/c1-4-15-28(26,27)23-16-22(19-9-11-21(12-10-19)24(2)3)25-14-13-18-7-5-6-8-20(18)17-25/h1,5-12,22-23H,13-17H2,2-3H3. The molecule has 0 bridgehead atoms. The highest BCUT2D eigenvalue weighted by atomic mass is 32.2. The van der Waals surface area contributed by atoms with Crippen molar-refractivity contribution in [1.29, 1.82) is 0 Å². The van der Waals surface area contributed by atoms with Crippen molar-refractivity contribution < 1.29 is 8.42 Å². The van der Waals surface area contributed by atoms with E-state index in [1.807, 2.05) is 19.0 Å². The van der Waals surface area contributed by atoms with E-state index in [0.717, 1.165) is 30.8 Å². The molecule has 0 fully saturated rings. The Hall–Kier alpha value is -2.33. The van der Waals surface area contributed by atoms with Crippen LogP contribution in [0.2, 0.25) is 0 Å². The van der Waals surface area contributed by atoms with E-state index >= 15 is 0 Å². The molecule has 1 aliphatic heterocycles. The highest BCUT2D eigenvalue weighted by Crippen LogP contribution is 2.28. The fraction of sp³-hybridized carbons (Fsp3) is 0.364. The second kappa shape index (κ2) is 8.78. The molecular weight excluding hydrogens is 370 g/mol. The van der Waals surface area contributed by atoms with Crippen LogP contribution in [0.25, 0.3) is 0 Å². The van der Waals surface area contributed by atoms with Gasteiger partial charge >= 0.3 is 0 Å². The summed E-state index contributed by atoms with van der Waals surface area (Å²) >= 11 is 0.